The minimum absolute atomic E-state index is 0.0678. The van der Waals surface area contributed by atoms with E-state index in [1.54, 1.807) is 43.3 Å². The smallest absolute Gasteiger partial charge is 0.265 e. The quantitative estimate of drug-likeness (QED) is 0.250. The Morgan fingerprint density at radius 1 is 1.25 bits per heavy atom. The molecule has 1 aliphatic rings. The number of carbonyl (C=O) groups excluding carboxylic acids is 2. The molecule has 2 aromatic heterocycles. The Kier molecular flexibility index (Phi) is 6.24. The molecule has 0 saturated heterocycles. The van der Waals surface area contributed by atoms with Gasteiger partial charge in [-0.3, -0.25) is 19.0 Å². The molecule has 0 spiro atoms. The van der Waals surface area contributed by atoms with Gasteiger partial charge in [-0.2, -0.15) is 0 Å². The molecule has 4 aromatic rings. The van der Waals surface area contributed by atoms with E-state index in [4.69, 9.17) is 16.3 Å². The molecule has 7 nitrogen and oxygen atoms in total. The molecule has 0 aliphatic carbocycles. The van der Waals surface area contributed by atoms with Crippen molar-refractivity contribution in [2.24, 2.45) is 0 Å². The number of hydrogen-bond acceptors (Lipinski definition) is 6. The Bertz CT molecular complexity index is 1590. The van der Waals surface area contributed by atoms with Crippen LogP contribution in [0, 0.1) is 6.92 Å². The maximum atomic E-state index is 13.7. The average molecular weight is 520 g/mol. The number of ketones is 1. The number of aromatic nitrogens is 2. The number of amides is 1. The van der Waals surface area contributed by atoms with Gasteiger partial charge in [0.25, 0.3) is 11.5 Å². The Morgan fingerprint density at radius 2 is 2.00 bits per heavy atom. The molecule has 1 atom stereocenters. The van der Waals surface area contributed by atoms with Gasteiger partial charge < -0.3 is 9.64 Å². The van der Waals surface area contributed by atoms with Crippen LogP contribution in [0.5, 0.6) is 5.75 Å². The van der Waals surface area contributed by atoms with Crippen LogP contribution in [-0.4, -0.2) is 34.4 Å². The Balaban J connectivity index is 1.56. The Morgan fingerprint density at radius 3 is 2.72 bits per heavy atom. The van der Waals surface area contributed by atoms with Crippen LogP contribution in [0.2, 0.25) is 5.02 Å². The second-order valence-corrected chi connectivity index (χ2v) is 10.1. The molecule has 1 aliphatic heterocycles. The number of fused-ring (bicyclic) bond motifs is 2. The molecule has 0 fully saturated rings. The first-order chi connectivity index (χ1) is 17.3. The van der Waals surface area contributed by atoms with Crippen LogP contribution < -0.4 is 15.2 Å². The predicted molar refractivity (Wildman–Crippen MR) is 143 cm³/mol. The summed E-state index contributed by atoms with van der Waals surface area (Å²) in [6, 6.07) is 11.4. The lowest BCUT2D eigenvalue weighted by Crippen LogP contribution is -2.39. The molecule has 9 heteroatoms. The van der Waals surface area contributed by atoms with E-state index in [1.807, 2.05) is 19.1 Å². The molecule has 0 N–H and O–H groups in total. The lowest BCUT2D eigenvalue weighted by molar-refractivity contribution is -0.121. The summed E-state index contributed by atoms with van der Waals surface area (Å²) in [4.78, 5) is 47.1. The third kappa shape index (κ3) is 4.02. The first-order valence-corrected chi connectivity index (χ1v) is 12.5. The van der Waals surface area contributed by atoms with Crippen molar-refractivity contribution < 1.29 is 14.3 Å². The van der Waals surface area contributed by atoms with Gasteiger partial charge in [0.15, 0.2) is 12.4 Å². The molecule has 3 heterocycles. The van der Waals surface area contributed by atoms with Crippen LogP contribution in [0.1, 0.15) is 28.2 Å². The second kappa shape index (κ2) is 9.37. The van der Waals surface area contributed by atoms with E-state index in [-0.39, 0.29) is 23.9 Å². The molecule has 1 amide bonds. The van der Waals surface area contributed by atoms with Crippen molar-refractivity contribution in [1.82, 2.24) is 9.55 Å². The van der Waals surface area contributed by atoms with Gasteiger partial charge in [-0.1, -0.05) is 29.8 Å². The van der Waals surface area contributed by atoms with Gasteiger partial charge in [0.2, 0.25) is 0 Å². The van der Waals surface area contributed by atoms with Gasteiger partial charge in [-0.15, -0.1) is 17.9 Å². The number of halogens is 1. The van der Waals surface area contributed by atoms with E-state index in [9.17, 15) is 14.4 Å². The van der Waals surface area contributed by atoms with Crippen LogP contribution in [0.25, 0.3) is 21.3 Å². The third-order valence-electron chi connectivity index (χ3n) is 6.24. The van der Waals surface area contributed by atoms with Crippen LogP contribution in [0.4, 0.5) is 5.69 Å². The van der Waals surface area contributed by atoms with Crippen LogP contribution >= 0.6 is 22.9 Å². The highest BCUT2D eigenvalue weighted by atomic mass is 35.5. The van der Waals surface area contributed by atoms with Crippen molar-refractivity contribution in [1.29, 1.82) is 0 Å². The van der Waals surface area contributed by atoms with Crippen molar-refractivity contribution in [3.63, 3.8) is 0 Å². The number of nitrogens with zero attached hydrogens (tertiary/aromatic N) is 3. The van der Waals surface area contributed by atoms with Gasteiger partial charge >= 0.3 is 0 Å². The van der Waals surface area contributed by atoms with E-state index in [0.717, 1.165) is 16.0 Å². The predicted octanol–water partition coefficient (Wildman–Crippen LogP) is 5.44. The minimum atomic E-state index is -0.821. The topological polar surface area (TPSA) is 81.5 Å². The Hall–Kier alpha value is -3.75. The molecular weight excluding hydrogens is 498 g/mol. The normalized spacial score (nSPS) is 13.9. The summed E-state index contributed by atoms with van der Waals surface area (Å²) in [5, 5.41) is 1.08. The number of rotatable bonds is 6. The molecule has 1 unspecified atom stereocenters. The van der Waals surface area contributed by atoms with Gasteiger partial charge in [-0.05, 0) is 49.7 Å². The van der Waals surface area contributed by atoms with Crippen molar-refractivity contribution in [2.75, 3.05) is 18.1 Å². The molecule has 0 saturated carbocycles. The average Bonchev–Trinajstić information content (AvgIpc) is 3.22. The summed E-state index contributed by atoms with van der Waals surface area (Å²) in [5.41, 5.74) is 2.23. The zero-order chi connectivity index (χ0) is 25.6. The molecule has 182 valence electrons. The van der Waals surface area contributed by atoms with Crippen molar-refractivity contribution >= 4 is 50.5 Å². The summed E-state index contributed by atoms with van der Waals surface area (Å²) >= 11 is 7.49. The van der Waals surface area contributed by atoms with E-state index in [0.29, 0.717) is 38.8 Å². The number of anilines is 1. The van der Waals surface area contributed by atoms with Gasteiger partial charge in [0, 0.05) is 27.6 Å². The van der Waals surface area contributed by atoms with Crippen LogP contribution in [-0.2, 0) is 4.79 Å². The fourth-order valence-electron chi connectivity index (χ4n) is 4.41. The fourth-order valence-corrected chi connectivity index (χ4v) is 5.54. The molecule has 5 rings (SSSR count). The number of Topliss-reactive ketones (excluding diaryl/α,β-unsaturated/α-hetero) is 1. The lowest BCUT2D eigenvalue weighted by Gasteiger charge is -2.29. The van der Waals surface area contributed by atoms with Crippen molar-refractivity contribution in [2.45, 2.75) is 19.9 Å². The number of thiophene rings is 1. The number of ether oxygens (including phenoxy) is 1. The Labute approximate surface area is 216 Å². The molecule has 2 aromatic carbocycles. The maximum Gasteiger partial charge on any atom is 0.265 e. The number of benzene rings is 2. The van der Waals surface area contributed by atoms with Gasteiger partial charge in [0.1, 0.15) is 10.6 Å². The molecule has 36 heavy (non-hydrogen) atoms. The maximum absolute atomic E-state index is 13.7. The summed E-state index contributed by atoms with van der Waals surface area (Å²) in [5.74, 6) is 0.0216. The summed E-state index contributed by atoms with van der Waals surface area (Å²) in [7, 11) is 0. The summed E-state index contributed by atoms with van der Waals surface area (Å²) < 4.78 is 6.88. The van der Waals surface area contributed by atoms with Crippen molar-refractivity contribution in [3.05, 3.63) is 87.3 Å². The van der Waals surface area contributed by atoms with Gasteiger partial charge in [0.05, 0.1) is 23.4 Å². The monoisotopic (exact) mass is 519 g/mol. The van der Waals surface area contributed by atoms with Crippen LogP contribution in [0.15, 0.2) is 66.2 Å². The largest absolute Gasteiger partial charge is 0.482 e. The highest BCUT2D eigenvalue weighted by Gasteiger charge is 2.28. The summed E-state index contributed by atoms with van der Waals surface area (Å²) in [6.07, 6.45) is 3.04. The number of carbonyl (C=O) groups is 2. The molecule has 0 bridgehead atoms. The van der Waals surface area contributed by atoms with Crippen molar-refractivity contribution in [3.8, 4) is 16.9 Å². The molecular formula is C27H22ClN3O4S. The first-order valence-electron chi connectivity index (χ1n) is 11.3. The van der Waals surface area contributed by atoms with E-state index < -0.39 is 6.04 Å². The summed E-state index contributed by atoms with van der Waals surface area (Å²) in [6.45, 7) is 7.55. The zero-order valence-corrected chi connectivity index (χ0v) is 21.2. The first kappa shape index (κ1) is 24.0. The molecule has 0 radical (unpaired) electrons. The lowest BCUT2D eigenvalue weighted by atomic mass is 10.0. The highest BCUT2D eigenvalue weighted by molar-refractivity contribution is 7.19. The minimum Gasteiger partial charge on any atom is -0.482 e. The van der Waals surface area contributed by atoms with Gasteiger partial charge in [-0.25, -0.2) is 4.98 Å². The number of hydrogen-bond donors (Lipinski definition) is 0. The highest BCUT2D eigenvalue weighted by Crippen LogP contribution is 2.37. The standard InChI is InChI=1S/C27H22ClN3O4S/c1-4-11-30-20-12-18(7-10-21(20)35-13-22(30)32)25(33)15(2)31-14-29-26-24(27(31)34)23(16(3)36-26)17-5-8-19(28)9-6-17/h4-10,12,14-15H,1,11,13H2,2-3H3. The van der Waals surface area contributed by atoms with E-state index in [2.05, 4.69) is 11.6 Å². The zero-order valence-electron chi connectivity index (χ0n) is 19.7. The van der Waals surface area contributed by atoms with Crippen LogP contribution in [0.3, 0.4) is 0 Å². The van der Waals surface area contributed by atoms with E-state index in [1.165, 1.54) is 27.1 Å². The fraction of sp³-hybridized carbons (Fsp3) is 0.185. The SMILES string of the molecule is C=CCN1C(=O)COc2ccc(C(=O)C(C)n3cnc4sc(C)c(-c5ccc(Cl)cc5)c4c3=O)cc21. The second-order valence-electron chi connectivity index (χ2n) is 8.48. The third-order valence-corrected chi connectivity index (χ3v) is 7.51. The number of aryl methyl sites for hydroxylation is 1. The van der Waals surface area contributed by atoms with E-state index >= 15 is 0 Å².